The molecule has 0 aromatic carbocycles. The number of ether oxygens (including phenoxy) is 1. The number of likely N-dealkylation sites (tertiary alicyclic amines) is 1. The van der Waals surface area contributed by atoms with Crippen molar-refractivity contribution in [2.24, 2.45) is 5.92 Å². The van der Waals surface area contributed by atoms with E-state index in [-0.39, 0.29) is 18.6 Å². The quantitative estimate of drug-likeness (QED) is 0.893. The van der Waals surface area contributed by atoms with Crippen LogP contribution in [-0.4, -0.2) is 59.1 Å². The molecule has 1 N–H and O–H groups in total. The summed E-state index contributed by atoms with van der Waals surface area (Å²) in [4.78, 5) is 6.88. The summed E-state index contributed by atoms with van der Waals surface area (Å²) < 4.78 is 11.5. The van der Waals surface area contributed by atoms with Gasteiger partial charge in [-0.15, -0.1) is 0 Å². The van der Waals surface area contributed by atoms with Gasteiger partial charge in [-0.25, -0.2) is 0 Å². The van der Waals surface area contributed by atoms with E-state index in [1.807, 2.05) is 6.92 Å². The molecule has 2 aliphatic heterocycles. The largest absolute Gasteiger partial charge is 0.396 e. The highest BCUT2D eigenvalue weighted by Crippen LogP contribution is 2.37. The molecule has 124 valence electrons. The Kier molecular flexibility index (Phi) is 5.44. The van der Waals surface area contributed by atoms with Gasteiger partial charge in [-0.05, 0) is 58.0 Å². The Balaban J connectivity index is 1.60. The SMILES string of the molecule is Cc1noc([C@@H]2CCCO[C@H]2C2CCN(CCCO)CC2)n1. The maximum atomic E-state index is 8.95. The maximum absolute atomic E-state index is 8.95. The molecule has 0 saturated carbocycles. The minimum Gasteiger partial charge on any atom is -0.396 e. The Labute approximate surface area is 131 Å². The smallest absolute Gasteiger partial charge is 0.232 e. The second kappa shape index (κ2) is 7.53. The molecular formula is C16H27N3O3. The van der Waals surface area contributed by atoms with Crippen LogP contribution >= 0.6 is 0 Å². The second-order valence-electron chi connectivity index (χ2n) is 6.52. The van der Waals surface area contributed by atoms with Gasteiger partial charge < -0.3 is 19.3 Å². The third kappa shape index (κ3) is 3.67. The molecule has 1 aromatic heterocycles. The monoisotopic (exact) mass is 309 g/mol. The first kappa shape index (κ1) is 15.9. The number of rotatable bonds is 5. The second-order valence-corrected chi connectivity index (χ2v) is 6.52. The van der Waals surface area contributed by atoms with E-state index in [0.29, 0.717) is 11.7 Å². The van der Waals surface area contributed by atoms with Crippen LogP contribution in [0.25, 0.3) is 0 Å². The molecular weight excluding hydrogens is 282 g/mol. The van der Waals surface area contributed by atoms with Crippen molar-refractivity contribution in [3.05, 3.63) is 11.7 Å². The lowest BCUT2D eigenvalue weighted by atomic mass is 9.80. The number of aromatic nitrogens is 2. The van der Waals surface area contributed by atoms with Crippen LogP contribution in [0.5, 0.6) is 0 Å². The Hall–Kier alpha value is -0.980. The third-order valence-corrected chi connectivity index (χ3v) is 4.96. The summed E-state index contributed by atoms with van der Waals surface area (Å²) in [7, 11) is 0. The van der Waals surface area contributed by atoms with Gasteiger partial charge >= 0.3 is 0 Å². The van der Waals surface area contributed by atoms with Crippen LogP contribution in [0.4, 0.5) is 0 Å². The van der Waals surface area contributed by atoms with E-state index in [4.69, 9.17) is 14.4 Å². The molecule has 0 spiro atoms. The molecule has 2 aliphatic rings. The number of aliphatic hydroxyl groups is 1. The molecule has 0 aliphatic carbocycles. The van der Waals surface area contributed by atoms with Gasteiger partial charge in [0.25, 0.3) is 0 Å². The number of aliphatic hydroxyl groups excluding tert-OH is 1. The van der Waals surface area contributed by atoms with Crippen molar-refractivity contribution in [3.63, 3.8) is 0 Å². The first-order valence-corrected chi connectivity index (χ1v) is 8.53. The van der Waals surface area contributed by atoms with Gasteiger partial charge in [0, 0.05) is 19.8 Å². The summed E-state index contributed by atoms with van der Waals surface area (Å²) in [6.07, 6.45) is 5.54. The summed E-state index contributed by atoms with van der Waals surface area (Å²) in [5, 5.41) is 12.9. The zero-order valence-electron chi connectivity index (χ0n) is 13.4. The number of hydrogen-bond acceptors (Lipinski definition) is 6. The van der Waals surface area contributed by atoms with Crippen molar-refractivity contribution in [3.8, 4) is 0 Å². The highest BCUT2D eigenvalue weighted by Gasteiger charge is 2.38. The first-order valence-electron chi connectivity index (χ1n) is 8.53. The van der Waals surface area contributed by atoms with E-state index >= 15 is 0 Å². The summed E-state index contributed by atoms with van der Waals surface area (Å²) >= 11 is 0. The Morgan fingerprint density at radius 3 is 2.77 bits per heavy atom. The zero-order chi connectivity index (χ0) is 15.4. The molecule has 6 nitrogen and oxygen atoms in total. The van der Waals surface area contributed by atoms with Crippen LogP contribution in [-0.2, 0) is 4.74 Å². The summed E-state index contributed by atoms with van der Waals surface area (Å²) in [6.45, 7) is 6.19. The summed E-state index contributed by atoms with van der Waals surface area (Å²) in [5.74, 6) is 2.29. The van der Waals surface area contributed by atoms with Crippen molar-refractivity contribution in [1.29, 1.82) is 0 Å². The Morgan fingerprint density at radius 2 is 2.09 bits per heavy atom. The zero-order valence-corrected chi connectivity index (χ0v) is 13.4. The summed E-state index contributed by atoms with van der Waals surface area (Å²) in [5.41, 5.74) is 0. The van der Waals surface area contributed by atoms with E-state index < -0.39 is 0 Å². The predicted molar refractivity (Wildman–Crippen MR) is 81.6 cm³/mol. The Bertz CT molecular complexity index is 457. The van der Waals surface area contributed by atoms with Crippen molar-refractivity contribution in [2.75, 3.05) is 32.8 Å². The minimum absolute atomic E-state index is 0.216. The van der Waals surface area contributed by atoms with Crippen LogP contribution < -0.4 is 0 Å². The molecule has 22 heavy (non-hydrogen) atoms. The van der Waals surface area contributed by atoms with Gasteiger partial charge in [0.1, 0.15) is 0 Å². The number of nitrogens with zero attached hydrogens (tertiary/aromatic N) is 3. The van der Waals surface area contributed by atoms with Crippen molar-refractivity contribution < 1.29 is 14.4 Å². The van der Waals surface area contributed by atoms with Crippen LogP contribution in [0.3, 0.4) is 0 Å². The number of piperidine rings is 1. The average molecular weight is 309 g/mol. The van der Waals surface area contributed by atoms with E-state index in [9.17, 15) is 0 Å². The van der Waals surface area contributed by atoms with Crippen molar-refractivity contribution >= 4 is 0 Å². The normalized spacial score (nSPS) is 28.1. The molecule has 2 atom stereocenters. The maximum Gasteiger partial charge on any atom is 0.232 e. The predicted octanol–water partition coefficient (Wildman–Crippen LogP) is 1.74. The van der Waals surface area contributed by atoms with Crippen LogP contribution in [0.2, 0.25) is 0 Å². The van der Waals surface area contributed by atoms with Gasteiger partial charge in [0.2, 0.25) is 5.89 Å². The summed E-state index contributed by atoms with van der Waals surface area (Å²) in [6, 6.07) is 0. The van der Waals surface area contributed by atoms with Gasteiger partial charge in [-0.2, -0.15) is 4.98 Å². The van der Waals surface area contributed by atoms with Gasteiger partial charge in [-0.1, -0.05) is 5.16 Å². The molecule has 6 heteroatoms. The van der Waals surface area contributed by atoms with E-state index in [1.165, 1.54) is 0 Å². The topological polar surface area (TPSA) is 71.6 Å². The number of aryl methyl sites for hydroxylation is 1. The van der Waals surface area contributed by atoms with Gasteiger partial charge in [-0.3, -0.25) is 0 Å². The molecule has 2 fully saturated rings. The fraction of sp³-hybridized carbons (Fsp3) is 0.875. The van der Waals surface area contributed by atoms with E-state index in [2.05, 4.69) is 15.0 Å². The molecule has 0 bridgehead atoms. The molecule has 3 rings (SSSR count). The first-order chi connectivity index (χ1) is 10.8. The van der Waals surface area contributed by atoms with Crippen molar-refractivity contribution in [1.82, 2.24) is 15.0 Å². The molecule has 1 aromatic rings. The molecule has 0 unspecified atom stereocenters. The highest BCUT2D eigenvalue weighted by atomic mass is 16.5. The molecule has 0 amide bonds. The minimum atomic E-state index is 0.216. The fourth-order valence-corrected chi connectivity index (χ4v) is 3.79. The fourth-order valence-electron chi connectivity index (χ4n) is 3.79. The Morgan fingerprint density at radius 1 is 1.27 bits per heavy atom. The van der Waals surface area contributed by atoms with Gasteiger partial charge in [0.05, 0.1) is 12.0 Å². The molecule has 3 heterocycles. The van der Waals surface area contributed by atoms with Gasteiger partial charge in [0.15, 0.2) is 5.82 Å². The van der Waals surface area contributed by atoms with Crippen LogP contribution in [0.1, 0.15) is 49.7 Å². The lowest BCUT2D eigenvalue weighted by molar-refractivity contribution is -0.0581. The van der Waals surface area contributed by atoms with Crippen LogP contribution in [0.15, 0.2) is 4.52 Å². The average Bonchev–Trinajstić information content (AvgIpc) is 3.00. The third-order valence-electron chi connectivity index (χ3n) is 4.96. The molecule has 2 saturated heterocycles. The van der Waals surface area contributed by atoms with E-state index in [0.717, 1.165) is 64.2 Å². The highest BCUT2D eigenvalue weighted by molar-refractivity contribution is 5.01. The lowest BCUT2D eigenvalue weighted by Crippen LogP contribution is -2.42. The lowest BCUT2D eigenvalue weighted by Gasteiger charge is -2.40. The standard InChI is InChI=1S/C16H27N3O3/c1-12-17-16(22-18-12)14-4-2-11-21-15(14)13-5-8-19(9-6-13)7-3-10-20/h13-15,20H,2-11H2,1H3/t14-,15+/m1/s1. The van der Waals surface area contributed by atoms with Crippen LogP contribution in [0, 0.1) is 12.8 Å². The van der Waals surface area contributed by atoms with E-state index in [1.54, 1.807) is 0 Å². The van der Waals surface area contributed by atoms with Crippen molar-refractivity contribution in [2.45, 2.75) is 51.0 Å². The number of hydrogen-bond donors (Lipinski definition) is 1. The molecule has 0 radical (unpaired) electrons.